The van der Waals surface area contributed by atoms with Crippen molar-refractivity contribution in [3.05, 3.63) is 53.1 Å². The van der Waals surface area contributed by atoms with Crippen molar-refractivity contribution in [1.82, 2.24) is 0 Å². The van der Waals surface area contributed by atoms with Crippen LogP contribution in [0, 0.1) is 6.92 Å². The van der Waals surface area contributed by atoms with Gasteiger partial charge in [0, 0.05) is 11.3 Å². The van der Waals surface area contributed by atoms with E-state index in [9.17, 15) is 9.90 Å². The average Bonchev–Trinajstić information content (AvgIpc) is 2.93. The van der Waals surface area contributed by atoms with Gasteiger partial charge in [0.1, 0.15) is 24.0 Å². The van der Waals surface area contributed by atoms with Crippen molar-refractivity contribution in [1.29, 1.82) is 0 Å². The SMILES string of the molecule is Cc1cc(O)c(C(C)C)cc1NC(=O)[C@@H]1COc2ccccc21. The summed E-state index contributed by atoms with van der Waals surface area (Å²) in [5.74, 6) is 0.838. The van der Waals surface area contributed by atoms with Crippen molar-refractivity contribution in [3.8, 4) is 11.5 Å². The summed E-state index contributed by atoms with van der Waals surface area (Å²) < 4.78 is 5.58. The van der Waals surface area contributed by atoms with Crippen LogP contribution >= 0.6 is 0 Å². The highest BCUT2D eigenvalue weighted by atomic mass is 16.5. The molecule has 2 N–H and O–H groups in total. The van der Waals surface area contributed by atoms with Crippen molar-refractivity contribution in [2.45, 2.75) is 32.6 Å². The first-order valence-corrected chi connectivity index (χ1v) is 7.83. The molecule has 0 aliphatic carbocycles. The second kappa shape index (κ2) is 5.95. The fraction of sp³-hybridized carbons (Fsp3) is 0.316. The Balaban J connectivity index is 1.85. The lowest BCUT2D eigenvalue weighted by Crippen LogP contribution is -2.22. The molecule has 3 rings (SSSR count). The standard InChI is InChI=1S/C19H21NO3/c1-11(2)14-9-16(12(3)8-17(14)21)20-19(22)15-10-23-18-7-5-4-6-13(15)18/h4-9,11,15,21H,10H2,1-3H3,(H,20,22)/t15-/m1/s1. The van der Waals surface area contributed by atoms with E-state index in [1.165, 1.54) is 0 Å². The summed E-state index contributed by atoms with van der Waals surface area (Å²) in [6.07, 6.45) is 0. The third-order valence-electron chi connectivity index (χ3n) is 4.27. The monoisotopic (exact) mass is 311 g/mol. The van der Waals surface area contributed by atoms with E-state index in [0.29, 0.717) is 6.61 Å². The molecular formula is C19H21NO3. The topological polar surface area (TPSA) is 58.6 Å². The number of amides is 1. The number of phenols is 1. The predicted octanol–water partition coefficient (Wildman–Crippen LogP) is 3.94. The third kappa shape index (κ3) is 2.89. The van der Waals surface area contributed by atoms with Gasteiger partial charge in [0.05, 0.1) is 0 Å². The average molecular weight is 311 g/mol. The molecule has 0 bridgehead atoms. The number of ether oxygens (including phenoxy) is 1. The lowest BCUT2D eigenvalue weighted by molar-refractivity contribution is -0.117. The Morgan fingerprint density at radius 2 is 2.04 bits per heavy atom. The Morgan fingerprint density at radius 3 is 2.78 bits per heavy atom. The van der Waals surface area contributed by atoms with E-state index >= 15 is 0 Å². The molecule has 1 aliphatic heterocycles. The van der Waals surface area contributed by atoms with Gasteiger partial charge >= 0.3 is 0 Å². The number of carbonyl (C=O) groups is 1. The van der Waals surface area contributed by atoms with E-state index < -0.39 is 0 Å². The van der Waals surface area contributed by atoms with Crippen LogP contribution in [0.4, 0.5) is 5.69 Å². The van der Waals surface area contributed by atoms with Crippen LogP contribution in [0.2, 0.25) is 0 Å². The molecule has 0 spiro atoms. The summed E-state index contributed by atoms with van der Waals surface area (Å²) in [5.41, 5.74) is 3.33. The highest BCUT2D eigenvalue weighted by Gasteiger charge is 2.30. The predicted molar refractivity (Wildman–Crippen MR) is 90.2 cm³/mol. The molecule has 0 saturated heterocycles. The molecule has 4 heteroatoms. The zero-order valence-electron chi connectivity index (χ0n) is 13.6. The van der Waals surface area contributed by atoms with Crippen molar-refractivity contribution < 1.29 is 14.6 Å². The number of phenolic OH excluding ortho intramolecular Hbond substituents is 1. The number of hydrogen-bond donors (Lipinski definition) is 2. The Morgan fingerprint density at radius 1 is 1.30 bits per heavy atom. The van der Waals surface area contributed by atoms with Gasteiger partial charge in [-0.3, -0.25) is 4.79 Å². The smallest absolute Gasteiger partial charge is 0.235 e. The molecule has 2 aromatic rings. The van der Waals surface area contributed by atoms with Gasteiger partial charge in [-0.05, 0) is 42.2 Å². The van der Waals surface area contributed by atoms with Gasteiger partial charge in [-0.1, -0.05) is 32.0 Å². The molecule has 1 heterocycles. The van der Waals surface area contributed by atoms with Gasteiger partial charge in [-0.2, -0.15) is 0 Å². The van der Waals surface area contributed by atoms with Crippen LogP contribution in [0.3, 0.4) is 0 Å². The van der Waals surface area contributed by atoms with E-state index in [1.54, 1.807) is 6.07 Å². The molecule has 1 amide bonds. The Kier molecular flexibility index (Phi) is 3.99. The zero-order chi connectivity index (χ0) is 16.6. The minimum absolute atomic E-state index is 0.0848. The van der Waals surface area contributed by atoms with E-state index in [-0.39, 0.29) is 23.5 Å². The Bertz CT molecular complexity index is 752. The summed E-state index contributed by atoms with van der Waals surface area (Å²) >= 11 is 0. The highest BCUT2D eigenvalue weighted by molar-refractivity contribution is 5.97. The number of aryl methyl sites for hydroxylation is 1. The molecule has 0 aromatic heterocycles. The zero-order valence-corrected chi connectivity index (χ0v) is 13.6. The molecule has 4 nitrogen and oxygen atoms in total. The van der Waals surface area contributed by atoms with E-state index in [1.807, 2.05) is 51.1 Å². The minimum atomic E-state index is -0.304. The van der Waals surface area contributed by atoms with Crippen molar-refractivity contribution >= 4 is 11.6 Å². The first-order valence-electron chi connectivity index (χ1n) is 7.83. The molecule has 2 aromatic carbocycles. The fourth-order valence-corrected chi connectivity index (χ4v) is 2.91. The molecule has 23 heavy (non-hydrogen) atoms. The molecule has 0 fully saturated rings. The Labute approximate surface area is 136 Å². The largest absolute Gasteiger partial charge is 0.508 e. The van der Waals surface area contributed by atoms with Gasteiger partial charge in [0.25, 0.3) is 0 Å². The van der Waals surface area contributed by atoms with Gasteiger partial charge in [-0.15, -0.1) is 0 Å². The fourth-order valence-electron chi connectivity index (χ4n) is 2.91. The summed E-state index contributed by atoms with van der Waals surface area (Å²) in [4.78, 5) is 12.6. The van der Waals surface area contributed by atoms with Crippen molar-refractivity contribution in [3.63, 3.8) is 0 Å². The van der Waals surface area contributed by atoms with Crippen LogP contribution in [-0.4, -0.2) is 17.6 Å². The molecular weight excluding hydrogens is 290 g/mol. The maximum absolute atomic E-state index is 12.6. The van der Waals surface area contributed by atoms with Crippen LogP contribution in [0.25, 0.3) is 0 Å². The second-order valence-electron chi connectivity index (χ2n) is 6.27. The van der Waals surface area contributed by atoms with Gasteiger partial charge in [-0.25, -0.2) is 0 Å². The van der Waals surface area contributed by atoms with E-state index in [4.69, 9.17) is 4.74 Å². The number of nitrogens with one attached hydrogen (secondary N) is 1. The van der Waals surface area contributed by atoms with Crippen LogP contribution in [0.15, 0.2) is 36.4 Å². The van der Waals surface area contributed by atoms with E-state index in [0.717, 1.165) is 28.1 Å². The van der Waals surface area contributed by atoms with Gasteiger partial charge < -0.3 is 15.2 Å². The molecule has 1 atom stereocenters. The first-order chi connectivity index (χ1) is 11.0. The third-order valence-corrected chi connectivity index (χ3v) is 4.27. The molecule has 0 unspecified atom stereocenters. The van der Waals surface area contributed by atoms with Crippen LogP contribution in [-0.2, 0) is 4.79 Å². The molecule has 0 saturated carbocycles. The minimum Gasteiger partial charge on any atom is -0.508 e. The van der Waals surface area contributed by atoms with Gasteiger partial charge in [0.15, 0.2) is 0 Å². The second-order valence-corrected chi connectivity index (χ2v) is 6.27. The Hall–Kier alpha value is -2.49. The van der Waals surface area contributed by atoms with Crippen LogP contribution in [0.5, 0.6) is 11.5 Å². The molecule has 120 valence electrons. The van der Waals surface area contributed by atoms with Crippen molar-refractivity contribution in [2.75, 3.05) is 11.9 Å². The summed E-state index contributed by atoms with van der Waals surface area (Å²) in [5, 5.41) is 13.0. The summed E-state index contributed by atoms with van der Waals surface area (Å²) in [6.45, 7) is 6.26. The maximum atomic E-state index is 12.6. The first kappa shape index (κ1) is 15.4. The van der Waals surface area contributed by atoms with Crippen LogP contribution in [0.1, 0.15) is 42.4 Å². The number of para-hydroxylation sites is 1. The van der Waals surface area contributed by atoms with Gasteiger partial charge in [0.2, 0.25) is 5.91 Å². The quantitative estimate of drug-likeness (QED) is 0.844. The molecule has 1 aliphatic rings. The van der Waals surface area contributed by atoms with E-state index in [2.05, 4.69) is 5.32 Å². The normalized spacial score (nSPS) is 16.1. The summed E-state index contributed by atoms with van der Waals surface area (Å²) in [6, 6.07) is 11.2. The number of hydrogen-bond acceptors (Lipinski definition) is 3. The lowest BCUT2D eigenvalue weighted by atomic mass is 9.97. The lowest BCUT2D eigenvalue weighted by Gasteiger charge is -2.16. The number of fused-ring (bicyclic) bond motifs is 1. The highest BCUT2D eigenvalue weighted by Crippen LogP contribution is 2.35. The van der Waals surface area contributed by atoms with Crippen LogP contribution < -0.4 is 10.1 Å². The number of rotatable bonds is 3. The number of carbonyl (C=O) groups excluding carboxylic acids is 1. The number of anilines is 1. The number of aromatic hydroxyl groups is 1. The van der Waals surface area contributed by atoms with Crippen molar-refractivity contribution in [2.24, 2.45) is 0 Å². The molecule has 0 radical (unpaired) electrons. The number of benzene rings is 2. The summed E-state index contributed by atoms with van der Waals surface area (Å²) in [7, 11) is 0. The maximum Gasteiger partial charge on any atom is 0.235 e.